The highest BCUT2D eigenvalue weighted by Crippen LogP contribution is 2.20. The third-order valence-electron chi connectivity index (χ3n) is 4.11. The predicted molar refractivity (Wildman–Crippen MR) is 123 cm³/mol. The molecular formula is C23H18ClFN4O4. The molecule has 0 unspecified atom stereocenters. The van der Waals surface area contributed by atoms with E-state index in [1.807, 2.05) is 0 Å². The highest BCUT2D eigenvalue weighted by Gasteiger charge is 2.14. The van der Waals surface area contributed by atoms with Gasteiger partial charge in [0.05, 0.1) is 22.6 Å². The lowest BCUT2D eigenvalue weighted by molar-refractivity contribution is -0.136. The van der Waals surface area contributed by atoms with Crippen LogP contribution in [-0.4, -0.2) is 30.5 Å². The summed E-state index contributed by atoms with van der Waals surface area (Å²) in [6, 6.07) is 18.8. The summed E-state index contributed by atoms with van der Waals surface area (Å²) in [5.74, 6) is -2.71. The Balaban J connectivity index is 1.44. The molecule has 0 aliphatic carbocycles. The van der Waals surface area contributed by atoms with Crippen molar-refractivity contribution in [2.24, 2.45) is 5.10 Å². The first-order valence-electron chi connectivity index (χ1n) is 9.58. The maximum absolute atomic E-state index is 13.5. The number of benzene rings is 3. The Kier molecular flexibility index (Phi) is 8.09. The molecule has 0 radical (unpaired) electrons. The van der Waals surface area contributed by atoms with E-state index in [-0.39, 0.29) is 18.2 Å². The number of hydrogen-bond acceptors (Lipinski definition) is 5. The second-order valence-corrected chi connectivity index (χ2v) is 6.93. The monoisotopic (exact) mass is 468 g/mol. The molecular weight excluding hydrogens is 451 g/mol. The average Bonchev–Trinajstić information content (AvgIpc) is 2.81. The van der Waals surface area contributed by atoms with Crippen molar-refractivity contribution in [1.82, 2.24) is 5.43 Å². The van der Waals surface area contributed by atoms with Crippen LogP contribution in [0.15, 0.2) is 77.9 Å². The number of amides is 3. The summed E-state index contributed by atoms with van der Waals surface area (Å²) >= 11 is 5.99. The smallest absolute Gasteiger partial charge is 0.329 e. The minimum absolute atomic E-state index is 0.113. The van der Waals surface area contributed by atoms with Gasteiger partial charge in [-0.05, 0) is 54.1 Å². The van der Waals surface area contributed by atoms with Gasteiger partial charge in [0.1, 0.15) is 11.6 Å². The minimum atomic E-state index is -1.06. The summed E-state index contributed by atoms with van der Waals surface area (Å²) in [4.78, 5) is 35.6. The number of nitrogens with zero attached hydrogens (tertiary/aromatic N) is 1. The maximum Gasteiger partial charge on any atom is 0.329 e. The lowest BCUT2D eigenvalue weighted by atomic mass is 10.2. The van der Waals surface area contributed by atoms with E-state index in [1.54, 1.807) is 48.5 Å². The van der Waals surface area contributed by atoms with Crippen molar-refractivity contribution in [3.63, 3.8) is 0 Å². The first-order chi connectivity index (χ1) is 15.9. The van der Waals surface area contributed by atoms with E-state index in [2.05, 4.69) is 21.2 Å². The number of carbonyl (C=O) groups is 3. The van der Waals surface area contributed by atoms with Crippen LogP contribution in [0.5, 0.6) is 5.75 Å². The van der Waals surface area contributed by atoms with Gasteiger partial charge in [-0.15, -0.1) is 0 Å². The second kappa shape index (κ2) is 11.4. The Morgan fingerprint density at radius 1 is 0.879 bits per heavy atom. The van der Waals surface area contributed by atoms with Gasteiger partial charge in [0.15, 0.2) is 6.61 Å². The SMILES string of the molecule is O=C(COc1ccc(/C=N\NC(=O)C(=O)Nc2ccccc2F)cc1)Nc1ccccc1Cl. The molecule has 3 aromatic carbocycles. The number of ether oxygens (including phenoxy) is 1. The number of rotatable bonds is 7. The summed E-state index contributed by atoms with van der Waals surface area (Å²) in [6.45, 7) is -0.216. The van der Waals surface area contributed by atoms with Gasteiger partial charge in [-0.1, -0.05) is 35.9 Å². The molecule has 3 N–H and O–H groups in total. The van der Waals surface area contributed by atoms with Crippen molar-refractivity contribution < 1.29 is 23.5 Å². The quantitative estimate of drug-likeness (QED) is 0.280. The van der Waals surface area contributed by atoms with Crippen molar-refractivity contribution in [1.29, 1.82) is 0 Å². The number of halogens is 2. The fourth-order valence-corrected chi connectivity index (χ4v) is 2.69. The van der Waals surface area contributed by atoms with Gasteiger partial charge in [-0.3, -0.25) is 14.4 Å². The van der Waals surface area contributed by atoms with Crippen molar-refractivity contribution in [2.45, 2.75) is 0 Å². The van der Waals surface area contributed by atoms with Crippen LogP contribution in [0.2, 0.25) is 5.02 Å². The van der Waals surface area contributed by atoms with Crippen LogP contribution in [-0.2, 0) is 14.4 Å². The summed E-state index contributed by atoms with van der Waals surface area (Å²) in [5, 5.41) is 8.91. The third-order valence-corrected chi connectivity index (χ3v) is 4.44. The van der Waals surface area contributed by atoms with E-state index in [9.17, 15) is 18.8 Å². The standard InChI is InChI=1S/C23H18ClFN4O4/c24-17-5-1-3-7-19(17)27-21(30)14-33-16-11-9-15(10-12-16)13-26-29-23(32)22(31)28-20-8-4-2-6-18(20)25/h1-13H,14H2,(H,27,30)(H,28,31)(H,29,32)/b26-13-. The van der Waals surface area contributed by atoms with E-state index >= 15 is 0 Å². The van der Waals surface area contributed by atoms with E-state index in [1.165, 1.54) is 24.4 Å². The van der Waals surface area contributed by atoms with Crippen LogP contribution in [0.3, 0.4) is 0 Å². The molecule has 0 atom stereocenters. The number of hydrazone groups is 1. The Morgan fingerprint density at radius 3 is 2.24 bits per heavy atom. The number of hydrogen-bond donors (Lipinski definition) is 3. The van der Waals surface area contributed by atoms with E-state index in [0.717, 1.165) is 6.07 Å². The molecule has 10 heteroatoms. The van der Waals surface area contributed by atoms with Gasteiger partial charge in [-0.25, -0.2) is 9.82 Å². The molecule has 0 saturated carbocycles. The molecule has 33 heavy (non-hydrogen) atoms. The van der Waals surface area contributed by atoms with Crippen molar-refractivity contribution >= 4 is 46.9 Å². The van der Waals surface area contributed by atoms with Crippen LogP contribution >= 0.6 is 11.6 Å². The maximum atomic E-state index is 13.5. The first kappa shape index (κ1) is 23.4. The zero-order chi connectivity index (χ0) is 23.6. The van der Waals surface area contributed by atoms with Crippen LogP contribution < -0.4 is 20.8 Å². The molecule has 168 valence electrons. The Bertz CT molecular complexity index is 1190. The Hall–Kier alpha value is -4.24. The van der Waals surface area contributed by atoms with E-state index < -0.39 is 17.6 Å². The molecule has 0 bridgehead atoms. The van der Waals surface area contributed by atoms with Gasteiger partial charge in [0.25, 0.3) is 5.91 Å². The molecule has 3 aromatic rings. The zero-order valence-electron chi connectivity index (χ0n) is 17.0. The summed E-state index contributed by atoms with van der Waals surface area (Å²) in [6.07, 6.45) is 1.31. The third kappa shape index (κ3) is 7.15. The van der Waals surface area contributed by atoms with Crippen LogP contribution in [0.1, 0.15) is 5.56 Å². The molecule has 8 nitrogen and oxygen atoms in total. The molecule has 0 spiro atoms. The van der Waals surface area contributed by atoms with Crippen LogP contribution in [0, 0.1) is 5.82 Å². The van der Waals surface area contributed by atoms with Gasteiger partial charge in [0, 0.05) is 0 Å². The minimum Gasteiger partial charge on any atom is -0.484 e. The highest BCUT2D eigenvalue weighted by atomic mass is 35.5. The van der Waals surface area contributed by atoms with Crippen molar-refractivity contribution in [3.8, 4) is 5.75 Å². The zero-order valence-corrected chi connectivity index (χ0v) is 17.8. The number of para-hydroxylation sites is 2. The highest BCUT2D eigenvalue weighted by molar-refractivity contribution is 6.39. The summed E-state index contributed by atoms with van der Waals surface area (Å²) in [5.41, 5.74) is 3.03. The van der Waals surface area contributed by atoms with E-state index in [4.69, 9.17) is 16.3 Å². The fraction of sp³-hybridized carbons (Fsp3) is 0.0435. The molecule has 3 amide bonds. The normalized spacial score (nSPS) is 10.5. The predicted octanol–water partition coefficient (Wildman–Crippen LogP) is 3.59. The first-order valence-corrected chi connectivity index (χ1v) is 9.96. The van der Waals surface area contributed by atoms with Gasteiger partial charge in [0.2, 0.25) is 0 Å². The molecule has 0 aliphatic heterocycles. The largest absolute Gasteiger partial charge is 0.484 e. The number of carbonyl (C=O) groups excluding carboxylic acids is 3. The lowest BCUT2D eigenvalue weighted by Gasteiger charge is -2.08. The average molecular weight is 469 g/mol. The molecule has 0 fully saturated rings. The molecule has 3 rings (SSSR count). The fourth-order valence-electron chi connectivity index (χ4n) is 2.51. The Morgan fingerprint density at radius 2 is 1.55 bits per heavy atom. The summed E-state index contributed by atoms with van der Waals surface area (Å²) < 4.78 is 18.9. The topological polar surface area (TPSA) is 109 Å². The number of anilines is 2. The molecule has 0 saturated heterocycles. The van der Waals surface area contributed by atoms with Crippen LogP contribution in [0.25, 0.3) is 0 Å². The van der Waals surface area contributed by atoms with Crippen molar-refractivity contribution in [3.05, 3.63) is 89.2 Å². The molecule has 0 aromatic heterocycles. The van der Waals surface area contributed by atoms with Crippen molar-refractivity contribution in [2.75, 3.05) is 17.2 Å². The van der Waals surface area contributed by atoms with E-state index in [0.29, 0.717) is 22.0 Å². The van der Waals surface area contributed by atoms with Gasteiger partial charge >= 0.3 is 11.8 Å². The van der Waals surface area contributed by atoms with Gasteiger partial charge in [-0.2, -0.15) is 5.10 Å². The van der Waals surface area contributed by atoms with Gasteiger partial charge < -0.3 is 15.4 Å². The van der Waals surface area contributed by atoms with Crippen LogP contribution in [0.4, 0.5) is 15.8 Å². The Labute approximate surface area is 193 Å². The number of nitrogens with one attached hydrogen (secondary N) is 3. The molecule has 0 aliphatic rings. The second-order valence-electron chi connectivity index (χ2n) is 6.52. The lowest BCUT2D eigenvalue weighted by Crippen LogP contribution is -2.32. The molecule has 0 heterocycles. The summed E-state index contributed by atoms with van der Waals surface area (Å²) in [7, 11) is 0.